The van der Waals surface area contributed by atoms with E-state index >= 15 is 0 Å². The summed E-state index contributed by atoms with van der Waals surface area (Å²) in [6.45, 7) is 0. The molecule has 0 radical (unpaired) electrons. The molecular formula is C20H17N5O3S. The van der Waals surface area contributed by atoms with Gasteiger partial charge in [-0.25, -0.2) is 9.48 Å². The number of nitrogens with two attached hydrogens (primary N) is 1. The van der Waals surface area contributed by atoms with Crippen LogP contribution in [-0.2, 0) is 4.79 Å². The van der Waals surface area contributed by atoms with E-state index in [1.54, 1.807) is 28.2 Å². The van der Waals surface area contributed by atoms with Crippen LogP contribution in [0.2, 0.25) is 0 Å². The van der Waals surface area contributed by atoms with E-state index in [0.717, 1.165) is 11.3 Å². The van der Waals surface area contributed by atoms with Crippen molar-refractivity contribution in [2.45, 2.75) is 24.8 Å². The minimum Gasteiger partial charge on any atom is -0.478 e. The van der Waals surface area contributed by atoms with Gasteiger partial charge in [-0.1, -0.05) is 18.2 Å². The van der Waals surface area contributed by atoms with Crippen LogP contribution in [0, 0.1) is 0 Å². The van der Waals surface area contributed by atoms with Crippen molar-refractivity contribution < 1.29 is 14.7 Å². The Morgan fingerprint density at radius 1 is 1.24 bits per heavy atom. The van der Waals surface area contributed by atoms with E-state index in [2.05, 4.69) is 21.5 Å². The van der Waals surface area contributed by atoms with Crippen LogP contribution >= 0.6 is 11.3 Å². The highest BCUT2D eigenvalue weighted by atomic mass is 32.1. The van der Waals surface area contributed by atoms with Crippen molar-refractivity contribution in [3.63, 3.8) is 0 Å². The Bertz CT molecular complexity index is 1150. The number of thiophene rings is 1. The predicted octanol–water partition coefficient (Wildman–Crippen LogP) is 3.04. The zero-order chi connectivity index (χ0) is 20.1. The normalized spacial score (nSPS) is 20.8. The highest BCUT2D eigenvalue weighted by molar-refractivity contribution is 7.10. The number of carbonyl (C=O) groups excluding carboxylic acids is 1. The zero-order valence-electron chi connectivity index (χ0n) is 15.2. The molecule has 2 aliphatic rings. The minimum atomic E-state index is -1.00. The molecule has 5 rings (SSSR count). The van der Waals surface area contributed by atoms with Gasteiger partial charge in [0, 0.05) is 28.5 Å². The number of carbonyl (C=O) groups is 2. The molecule has 29 heavy (non-hydrogen) atoms. The number of fused-ring (bicyclic) bond motifs is 1. The first-order chi connectivity index (χ1) is 14.0. The molecular weight excluding hydrogens is 390 g/mol. The first-order valence-corrected chi connectivity index (χ1v) is 10.0. The van der Waals surface area contributed by atoms with Crippen molar-refractivity contribution >= 4 is 35.0 Å². The van der Waals surface area contributed by atoms with Crippen LogP contribution in [0.25, 0.3) is 0 Å². The molecule has 4 N–H and O–H groups in total. The van der Waals surface area contributed by atoms with Gasteiger partial charge in [-0.15, -0.1) is 16.4 Å². The van der Waals surface area contributed by atoms with Gasteiger partial charge in [-0.05, 0) is 35.6 Å². The summed E-state index contributed by atoms with van der Waals surface area (Å²) in [4.78, 5) is 29.9. The van der Waals surface area contributed by atoms with E-state index in [0.29, 0.717) is 24.4 Å². The summed E-state index contributed by atoms with van der Waals surface area (Å²) in [7, 11) is 0. The van der Waals surface area contributed by atoms with Crippen LogP contribution in [0.3, 0.4) is 0 Å². The number of allylic oxidation sites excluding steroid dienone is 2. The Hall–Kier alpha value is -3.46. The summed E-state index contributed by atoms with van der Waals surface area (Å²) in [5.41, 5.74) is 8.24. The molecule has 2 aromatic heterocycles. The number of nitrogen functional groups attached to an aromatic ring is 1. The third-order valence-corrected chi connectivity index (χ3v) is 6.39. The first kappa shape index (κ1) is 17.6. The molecule has 1 aliphatic heterocycles. The van der Waals surface area contributed by atoms with Gasteiger partial charge in [0.25, 0.3) is 0 Å². The molecule has 3 aromatic rings. The van der Waals surface area contributed by atoms with Gasteiger partial charge in [0.1, 0.15) is 6.04 Å². The number of nitrogens with zero attached hydrogens (tertiary/aromatic N) is 3. The second kappa shape index (κ2) is 6.56. The number of carboxylic acid groups (broad SMARTS) is 1. The van der Waals surface area contributed by atoms with Crippen molar-refractivity contribution in [3.05, 3.63) is 69.1 Å². The predicted molar refractivity (Wildman–Crippen MR) is 108 cm³/mol. The lowest BCUT2D eigenvalue weighted by molar-refractivity contribution is -0.116. The number of nitrogens with one attached hydrogen (secondary N) is 1. The number of hydrogen-bond donors (Lipinski definition) is 3. The van der Waals surface area contributed by atoms with Crippen LogP contribution in [0.15, 0.2) is 53.0 Å². The highest BCUT2D eigenvalue weighted by Crippen LogP contribution is 2.44. The Balaban J connectivity index is 1.61. The topological polar surface area (TPSA) is 123 Å². The van der Waals surface area contributed by atoms with Gasteiger partial charge in [0.2, 0.25) is 11.9 Å². The van der Waals surface area contributed by atoms with E-state index in [-0.39, 0.29) is 23.2 Å². The molecule has 0 amide bonds. The molecule has 3 heterocycles. The number of hydrogen-bond acceptors (Lipinski definition) is 7. The second-order valence-corrected chi connectivity index (χ2v) is 8.11. The summed E-state index contributed by atoms with van der Waals surface area (Å²) < 4.78 is 1.60. The fraction of sp³-hybridized carbons (Fsp3) is 0.200. The van der Waals surface area contributed by atoms with Gasteiger partial charge in [0.05, 0.1) is 5.56 Å². The van der Waals surface area contributed by atoms with E-state index in [1.807, 2.05) is 11.4 Å². The summed E-state index contributed by atoms with van der Waals surface area (Å²) in [5, 5.41) is 18.7. The summed E-state index contributed by atoms with van der Waals surface area (Å²) in [6, 6.07) is 10.0. The zero-order valence-corrected chi connectivity index (χ0v) is 16.0. The Kier molecular flexibility index (Phi) is 3.99. The average molecular weight is 407 g/mol. The average Bonchev–Trinajstić information content (AvgIpc) is 3.35. The van der Waals surface area contributed by atoms with Crippen LogP contribution in [-0.4, -0.2) is 31.6 Å². The molecule has 0 fully saturated rings. The second-order valence-electron chi connectivity index (χ2n) is 7.13. The maximum absolute atomic E-state index is 13.2. The minimum absolute atomic E-state index is 0.0455. The van der Waals surface area contributed by atoms with Gasteiger partial charge in [-0.3, -0.25) is 4.79 Å². The molecule has 0 spiro atoms. The lowest BCUT2D eigenvalue weighted by Gasteiger charge is -2.34. The van der Waals surface area contributed by atoms with Crippen molar-refractivity contribution in [2.75, 3.05) is 11.1 Å². The Morgan fingerprint density at radius 2 is 2.03 bits per heavy atom. The van der Waals surface area contributed by atoms with E-state index in [9.17, 15) is 14.7 Å². The molecule has 0 saturated heterocycles. The van der Waals surface area contributed by atoms with E-state index in [1.165, 1.54) is 17.0 Å². The van der Waals surface area contributed by atoms with Crippen LogP contribution in [0.1, 0.15) is 45.6 Å². The van der Waals surface area contributed by atoms with E-state index in [4.69, 9.17) is 5.73 Å². The van der Waals surface area contributed by atoms with Crippen molar-refractivity contribution in [3.8, 4) is 0 Å². The summed E-state index contributed by atoms with van der Waals surface area (Å²) in [5.74, 6) is -0.241. The molecule has 1 aliphatic carbocycles. The number of benzene rings is 1. The van der Waals surface area contributed by atoms with Crippen LogP contribution in [0.5, 0.6) is 0 Å². The monoisotopic (exact) mass is 407 g/mol. The number of carboxylic acids is 1. The fourth-order valence-corrected chi connectivity index (χ4v) is 4.90. The number of aromatic nitrogens is 3. The fourth-order valence-electron chi connectivity index (χ4n) is 4.07. The number of Topliss-reactive ketones (excluding diaryl/α,β-unsaturated/α-hetero) is 1. The van der Waals surface area contributed by atoms with E-state index < -0.39 is 12.0 Å². The number of anilines is 2. The molecule has 8 nitrogen and oxygen atoms in total. The van der Waals surface area contributed by atoms with Gasteiger partial charge in [0.15, 0.2) is 5.78 Å². The van der Waals surface area contributed by atoms with Crippen molar-refractivity contribution in [1.82, 2.24) is 14.8 Å². The molecule has 0 unspecified atom stereocenters. The third kappa shape index (κ3) is 2.90. The smallest absolute Gasteiger partial charge is 0.335 e. The highest BCUT2D eigenvalue weighted by Gasteiger charge is 2.39. The number of ketones is 1. The lowest BCUT2D eigenvalue weighted by atomic mass is 9.80. The van der Waals surface area contributed by atoms with Gasteiger partial charge in [-0.2, -0.15) is 4.98 Å². The van der Waals surface area contributed by atoms with Gasteiger partial charge < -0.3 is 16.2 Å². The van der Waals surface area contributed by atoms with Crippen molar-refractivity contribution in [1.29, 1.82) is 0 Å². The van der Waals surface area contributed by atoms with Crippen molar-refractivity contribution in [2.24, 2.45) is 0 Å². The summed E-state index contributed by atoms with van der Waals surface area (Å²) in [6.07, 6.45) is 1.11. The Labute approximate surface area is 169 Å². The number of rotatable bonds is 3. The SMILES string of the molecule is Nc1nc2n(n1)[C@H](c1ccc(C(=O)O)cc1)C1=C(C[C@@H](c3cccs3)CC1=O)N2. The third-order valence-electron chi connectivity index (χ3n) is 5.36. The molecule has 146 valence electrons. The maximum Gasteiger partial charge on any atom is 0.335 e. The van der Waals surface area contributed by atoms with Gasteiger partial charge >= 0.3 is 5.97 Å². The largest absolute Gasteiger partial charge is 0.478 e. The standard InChI is InChI=1S/C20H17N5O3S/c21-19-23-20-22-13-8-12(15-2-1-7-29-15)9-14(26)16(13)17(25(20)24-19)10-3-5-11(6-4-10)18(27)28/h1-7,12,17H,8-9H2,(H,27,28)(H3,21,22,23,24)/t12-,17-/m1/s1. The first-order valence-electron chi connectivity index (χ1n) is 9.13. The lowest BCUT2D eigenvalue weighted by Crippen LogP contribution is -2.33. The molecule has 1 aromatic carbocycles. The molecule has 0 bridgehead atoms. The number of aromatic carboxylic acids is 1. The Morgan fingerprint density at radius 3 is 2.72 bits per heavy atom. The van der Waals surface area contributed by atoms with Crippen LogP contribution < -0.4 is 11.1 Å². The molecule has 2 atom stereocenters. The molecule has 0 saturated carbocycles. The quantitative estimate of drug-likeness (QED) is 0.610. The maximum atomic E-state index is 13.2. The molecule has 9 heteroatoms. The summed E-state index contributed by atoms with van der Waals surface area (Å²) >= 11 is 1.65. The van der Waals surface area contributed by atoms with Crippen LogP contribution in [0.4, 0.5) is 11.9 Å².